The number of carbonyl (C=O) groups excluding carboxylic acids is 1. The first-order chi connectivity index (χ1) is 11.9. The van der Waals surface area contributed by atoms with E-state index >= 15 is 0 Å². The molecule has 0 bridgehead atoms. The molecule has 6 heteroatoms. The minimum absolute atomic E-state index is 0.0499. The number of amides is 1. The van der Waals surface area contributed by atoms with Gasteiger partial charge in [0.15, 0.2) is 9.84 Å². The topological polar surface area (TPSA) is 57.7 Å². The Morgan fingerprint density at radius 1 is 1.12 bits per heavy atom. The monoisotopic (exact) mass is 362 g/mol. The highest BCUT2D eigenvalue weighted by Gasteiger charge is 2.29. The summed E-state index contributed by atoms with van der Waals surface area (Å²) < 4.78 is 23.0. The van der Waals surface area contributed by atoms with Crippen LogP contribution in [0.15, 0.2) is 35.2 Å². The van der Waals surface area contributed by atoms with Crippen molar-refractivity contribution in [2.45, 2.75) is 36.6 Å². The largest absolute Gasteiger partial charge is 0.335 e. The molecule has 2 fully saturated rings. The Balaban J connectivity index is 1.61. The maximum atomic E-state index is 12.6. The second kappa shape index (κ2) is 7.70. The number of rotatable bonds is 5. The molecule has 2 aliphatic heterocycles. The Labute approximate surface area is 150 Å². The third kappa shape index (κ3) is 4.70. The molecule has 136 valence electrons. The average molecular weight is 362 g/mol. The van der Waals surface area contributed by atoms with Crippen LogP contribution < -0.4 is 0 Å². The highest BCUT2D eigenvalue weighted by Crippen LogP contribution is 2.21. The molecule has 0 radical (unpaired) electrons. The minimum atomic E-state index is -3.19. The number of carbonyl (C=O) groups is 1. The van der Waals surface area contributed by atoms with E-state index < -0.39 is 9.84 Å². The van der Waals surface area contributed by atoms with Crippen LogP contribution in [0, 0.1) is 0 Å². The van der Waals surface area contributed by atoms with Crippen LogP contribution in [0.25, 0.3) is 6.08 Å². The number of likely N-dealkylation sites (tertiary alicyclic amines) is 2. The highest BCUT2D eigenvalue weighted by molar-refractivity contribution is 7.90. The van der Waals surface area contributed by atoms with Crippen molar-refractivity contribution in [3.05, 3.63) is 35.9 Å². The van der Waals surface area contributed by atoms with Gasteiger partial charge in [-0.1, -0.05) is 12.1 Å². The van der Waals surface area contributed by atoms with Gasteiger partial charge in [0.05, 0.1) is 4.90 Å². The molecule has 5 nitrogen and oxygen atoms in total. The fraction of sp³-hybridized carbons (Fsp3) is 0.526. The molecule has 1 aromatic carbocycles. The van der Waals surface area contributed by atoms with Crippen molar-refractivity contribution in [2.75, 3.05) is 32.4 Å². The van der Waals surface area contributed by atoms with Crippen molar-refractivity contribution < 1.29 is 13.2 Å². The van der Waals surface area contributed by atoms with E-state index in [4.69, 9.17) is 0 Å². The van der Waals surface area contributed by atoms with Gasteiger partial charge < -0.3 is 9.80 Å². The van der Waals surface area contributed by atoms with Crippen LogP contribution in [0.2, 0.25) is 0 Å². The number of sulfone groups is 1. The molecule has 2 aliphatic rings. The van der Waals surface area contributed by atoms with Crippen molar-refractivity contribution in [3.63, 3.8) is 0 Å². The van der Waals surface area contributed by atoms with Crippen LogP contribution in [0.5, 0.6) is 0 Å². The molecule has 0 saturated carbocycles. The molecule has 1 amide bonds. The van der Waals surface area contributed by atoms with Crippen LogP contribution in [0.3, 0.4) is 0 Å². The normalized spacial score (nSPS) is 22.1. The average Bonchev–Trinajstić information content (AvgIpc) is 3.24. The molecule has 1 aromatic rings. The van der Waals surface area contributed by atoms with Gasteiger partial charge >= 0.3 is 0 Å². The molecule has 0 N–H and O–H groups in total. The molecule has 2 saturated heterocycles. The van der Waals surface area contributed by atoms with Crippen molar-refractivity contribution in [3.8, 4) is 0 Å². The molecule has 25 heavy (non-hydrogen) atoms. The zero-order valence-electron chi connectivity index (χ0n) is 14.7. The highest BCUT2D eigenvalue weighted by atomic mass is 32.2. The summed E-state index contributed by atoms with van der Waals surface area (Å²) >= 11 is 0. The van der Waals surface area contributed by atoms with E-state index in [-0.39, 0.29) is 5.91 Å². The van der Waals surface area contributed by atoms with Gasteiger partial charge in [0.1, 0.15) is 0 Å². The summed E-state index contributed by atoms with van der Waals surface area (Å²) in [6.45, 7) is 4.12. The van der Waals surface area contributed by atoms with Crippen molar-refractivity contribution in [1.29, 1.82) is 0 Å². The molecule has 0 spiro atoms. The Morgan fingerprint density at radius 2 is 1.80 bits per heavy atom. The predicted octanol–water partition coefficient (Wildman–Crippen LogP) is 2.19. The lowest BCUT2D eigenvalue weighted by molar-refractivity contribution is -0.127. The molecule has 1 atom stereocenters. The van der Waals surface area contributed by atoms with Crippen LogP contribution in [-0.4, -0.2) is 62.6 Å². The smallest absolute Gasteiger partial charge is 0.246 e. The van der Waals surface area contributed by atoms with E-state index in [0.29, 0.717) is 10.9 Å². The molecule has 2 heterocycles. The SMILES string of the molecule is CS(=O)(=O)c1ccc(C=CC(=O)N2CCC[C@H]2CN2CCCC2)cc1. The summed E-state index contributed by atoms with van der Waals surface area (Å²) in [5.74, 6) is 0.0499. The van der Waals surface area contributed by atoms with Gasteiger partial charge in [-0.25, -0.2) is 8.42 Å². The van der Waals surface area contributed by atoms with Gasteiger partial charge in [-0.15, -0.1) is 0 Å². The van der Waals surface area contributed by atoms with Gasteiger partial charge in [0.25, 0.3) is 0 Å². The maximum Gasteiger partial charge on any atom is 0.246 e. The Kier molecular flexibility index (Phi) is 5.59. The van der Waals surface area contributed by atoms with Gasteiger partial charge in [0.2, 0.25) is 5.91 Å². The van der Waals surface area contributed by atoms with Crippen LogP contribution in [0.4, 0.5) is 0 Å². The minimum Gasteiger partial charge on any atom is -0.335 e. The fourth-order valence-corrected chi connectivity index (χ4v) is 4.30. The fourth-order valence-electron chi connectivity index (χ4n) is 3.67. The number of nitrogens with zero attached hydrogens (tertiary/aromatic N) is 2. The van der Waals surface area contributed by atoms with Crippen LogP contribution in [-0.2, 0) is 14.6 Å². The summed E-state index contributed by atoms with van der Waals surface area (Å²) in [6.07, 6.45) is 9.25. The van der Waals surface area contributed by atoms with Crippen molar-refractivity contribution in [1.82, 2.24) is 9.80 Å². The van der Waals surface area contributed by atoms with Gasteiger partial charge in [-0.3, -0.25) is 4.79 Å². The third-order valence-electron chi connectivity index (χ3n) is 5.05. The Morgan fingerprint density at radius 3 is 2.44 bits per heavy atom. The lowest BCUT2D eigenvalue weighted by Gasteiger charge is -2.27. The molecule has 0 unspecified atom stereocenters. The summed E-state index contributed by atoms with van der Waals surface area (Å²) in [7, 11) is -3.19. The van der Waals surface area contributed by atoms with E-state index in [0.717, 1.165) is 44.6 Å². The lowest BCUT2D eigenvalue weighted by Crippen LogP contribution is -2.41. The molecule has 0 aromatic heterocycles. The summed E-state index contributed by atoms with van der Waals surface area (Å²) in [4.78, 5) is 17.3. The second-order valence-corrected chi connectivity index (χ2v) is 9.03. The summed E-state index contributed by atoms with van der Waals surface area (Å²) in [6, 6.07) is 6.93. The third-order valence-corrected chi connectivity index (χ3v) is 6.18. The van der Waals surface area contributed by atoms with Gasteiger partial charge in [-0.05, 0) is 62.5 Å². The number of benzene rings is 1. The van der Waals surface area contributed by atoms with Gasteiger partial charge in [0, 0.05) is 31.5 Å². The van der Waals surface area contributed by atoms with Gasteiger partial charge in [-0.2, -0.15) is 0 Å². The van der Waals surface area contributed by atoms with E-state index in [1.807, 2.05) is 4.90 Å². The number of hydrogen-bond donors (Lipinski definition) is 0. The quantitative estimate of drug-likeness (QED) is 0.754. The summed E-state index contributed by atoms with van der Waals surface area (Å²) in [5.41, 5.74) is 0.830. The lowest BCUT2D eigenvalue weighted by atomic mass is 10.2. The number of hydrogen-bond acceptors (Lipinski definition) is 4. The molecule has 3 rings (SSSR count). The summed E-state index contributed by atoms with van der Waals surface area (Å²) in [5, 5.41) is 0. The van der Waals surface area contributed by atoms with E-state index in [2.05, 4.69) is 4.90 Å². The Bertz CT molecular complexity index is 734. The van der Waals surface area contributed by atoms with Crippen LogP contribution in [0.1, 0.15) is 31.2 Å². The molecular formula is C19H26N2O3S. The standard InChI is InChI=1S/C19H26N2O3S/c1-25(23,24)18-9-6-16(7-10-18)8-11-19(22)21-14-4-5-17(21)15-20-12-2-3-13-20/h6-11,17H,2-5,12-15H2,1H3/t17-/m0/s1. The van der Waals surface area contributed by atoms with Crippen molar-refractivity contribution in [2.24, 2.45) is 0 Å². The van der Waals surface area contributed by atoms with Crippen molar-refractivity contribution >= 4 is 21.8 Å². The predicted molar refractivity (Wildman–Crippen MR) is 99.0 cm³/mol. The zero-order chi connectivity index (χ0) is 17.9. The first kappa shape index (κ1) is 18.1. The molecule has 0 aliphatic carbocycles. The van der Waals surface area contributed by atoms with E-state index in [9.17, 15) is 13.2 Å². The Hall–Kier alpha value is -1.66. The molecular weight excluding hydrogens is 336 g/mol. The zero-order valence-corrected chi connectivity index (χ0v) is 15.5. The van der Waals surface area contributed by atoms with E-state index in [1.54, 1.807) is 36.4 Å². The van der Waals surface area contributed by atoms with E-state index in [1.165, 1.54) is 19.1 Å². The first-order valence-electron chi connectivity index (χ1n) is 8.95. The first-order valence-corrected chi connectivity index (χ1v) is 10.8. The van der Waals surface area contributed by atoms with Crippen LogP contribution >= 0.6 is 0 Å². The maximum absolute atomic E-state index is 12.6. The second-order valence-electron chi connectivity index (χ2n) is 7.01.